The van der Waals surface area contributed by atoms with Crippen LogP contribution in [0.2, 0.25) is 0 Å². The van der Waals surface area contributed by atoms with E-state index in [0.717, 1.165) is 58.1 Å². The standard InChI is InChI=1S/C34H37N3O4S/c1-42(40,41)37(31-22-12-18-28-17-8-11-21-30(28)31)25-33(38)36(24-27-15-6-3-7-16-27)32(23-26-13-4-2-5-14-26)34(39)35-29-19-9-10-20-29/h2-8,11-18,21-22,29,32H,9-10,19-20,23-25H2,1H3,(H,35,39)/t32-/m1/s1. The highest BCUT2D eigenvalue weighted by Crippen LogP contribution is 2.29. The molecule has 7 nitrogen and oxygen atoms in total. The number of amides is 2. The second-order valence-corrected chi connectivity index (χ2v) is 12.9. The van der Waals surface area contributed by atoms with E-state index in [-0.39, 0.29) is 18.5 Å². The van der Waals surface area contributed by atoms with Crippen LogP contribution >= 0.6 is 0 Å². The number of fused-ring (bicyclic) bond motifs is 1. The van der Waals surface area contributed by atoms with Crippen LogP contribution in [0.3, 0.4) is 0 Å². The Morgan fingerprint density at radius 3 is 2.07 bits per heavy atom. The van der Waals surface area contributed by atoms with Crippen LogP contribution in [0.5, 0.6) is 0 Å². The summed E-state index contributed by atoms with van der Waals surface area (Å²) >= 11 is 0. The molecule has 1 saturated carbocycles. The number of carbonyl (C=O) groups excluding carboxylic acids is 2. The molecule has 4 aromatic rings. The Bertz CT molecular complexity index is 1620. The maximum atomic E-state index is 14.3. The molecule has 0 saturated heterocycles. The van der Waals surface area contributed by atoms with Crippen LogP contribution in [0.25, 0.3) is 10.8 Å². The van der Waals surface area contributed by atoms with E-state index in [1.54, 1.807) is 17.0 Å². The van der Waals surface area contributed by atoms with Gasteiger partial charge >= 0.3 is 0 Å². The topological polar surface area (TPSA) is 86.8 Å². The van der Waals surface area contributed by atoms with Crippen LogP contribution in [-0.2, 0) is 32.6 Å². The Morgan fingerprint density at radius 1 is 0.810 bits per heavy atom. The summed E-state index contributed by atoms with van der Waals surface area (Å²) < 4.78 is 27.5. The summed E-state index contributed by atoms with van der Waals surface area (Å²) in [5.74, 6) is -0.661. The van der Waals surface area contributed by atoms with Gasteiger partial charge in [-0.2, -0.15) is 0 Å². The number of sulfonamides is 1. The van der Waals surface area contributed by atoms with Gasteiger partial charge in [-0.1, -0.05) is 110 Å². The molecule has 1 fully saturated rings. The molecule has 0 unspecified atom stereocenters. The SMILES string of the molecule is CS(=O)(=O)N(CC(=O)N(Cc1ccccc1)[C@H](Cc1ccccc1)C(=O)NC1CCCC1)c1cccc2ccccc12. The van der Waals surface area contributed by atoms with Gasteiger partial charge in [0, 0.05) is 24.4 Å². The minimum absolute atomic E-state index is 0.0765. The van der Waals surface area contributed by atoms with Gasteiger partial charge in [0.25, 0.3) is 0 Å². The van der Waals surface area contributed by atoms with E-state index in [4.69, 9.17) is 0 Å². The highest BCUT2D eigenvalue weighted by atomic mass is 32.2. The molecule has 0 bridgehead atoms. The number of carbonyl (C=O) groups is 2. The molecule has 218 valence electrons. The van der Waals surface area contributed by atoms with Crippen LogP contribution < -0.4 is 9.62 Å². The van der Waals surface area contributed by atoms with Gasteiger partial charge in [0.15, 0.2) is 0 Å². The molecule has 1 aliphatic rings. The van der Waals surface area contributed by atoms with Gasteiger partial charge in [-0.05, 0) is 35.4 Å². The third-order valence-electron chi connectivity index (χ3n) is 7.88. The maximum Gasteiger partial charge on any atom is 0.244 e. The molecule has 0 aromatic heterocycles. The van der Waals surface area contributed by atoms with Gasteiger partial charge in [0.2, 0.25) is 21.8 Å². The Labute approximate surface area is 248 Å². The summed E-state index contributed by atoms with van der Waals surface area (Å²) in [4.78, 5) is 29.8. The molecule has 1 atom stereocenters. The van der Waals surface area contributed by atoms with Gasteiger partial charge in [-0.15, -0.1) is 0 Å². The highest BCUT2D eigenvalue weighted by molar-refractivity contribution is 7.92. The van der Waals surface area contributed by atoms with Crippen molar-refractivity contribution in [3.8, 4) is 0 Å². The summed E-state index contributed by atoms with van der Waals surface area (Å²) in [6.45, 7) is -0.260. The summed E-state index contributed by atoms with van der Waals surface area (Å²) in [7, 11) is -3.85. The van der Waals surface area contributed by atoms with Crippen LogP contribution in [0.15, 0.2) is 103 Å². The smallest absolute Gasteiger partial charge is 0.244 e. The molecular weight excluding hydrogens is 546 g/mol. The van der Waals surface area contributed by atoms with E-state index in [1.165, 1.54) is 0 Å². The Kier molecular flexibility index (Phi) is 9.22. The van der Waals surface area contributed by atoms with Crippen molar-refractivity contribution >= 4 is 38.3 Å². The molecular formula is C34H37N3O4S. The zero-order chi connectivity index (χ0) is 29.5. The van der Waals surface area contributed by atoms with Crippen molar-refractivity contribution in [2.24, 2.45) is 0 Å². The molecule has 0 spiro atoms. The van der Waals surface area contributed by atoms with E-state index >= 15 is 0 Å². The molecule has 1 N–H and O–H groups in total. The number of anilines is 1. The summed E-state index contributed by atoms with van der Waals surface area (Å²) in [6.07, 6.45) is 5.38. The molecule has 4 aromatic carbocycles. The first-order chi connectivity index (χ1) is 20.3. The lowest BCUT2D eigenvalue weighted by Crippen LogP contribution is -2.54. The largest absolute Gasteiger partial charge is 0.352 e. The highest BCUT2D eigenvalue weighted by Gasteiger charge is 2.34. The molecule has 2 amide bonds. The number of rotatable bonds is 11. The Balaban J connectivity index is 1.53. The average Bonchev–Trinajstić information content (AvgIpc) is 3.51. The molecule has 0 radical (unpaired) electrons. The van der Waals surface area contributed by atoms with Crippen molar-refractivity contribution in [3.63, 3.8) is 0 Å². The van der Waals surface area contributed by atoms with E-state index in [1.807, 2.05) is 91.0 Å². The van der Waals surface area contributed by atoms with E-state index in [9.17, 15) is 18.0 Å². The number of hydrogen-bond acceptors (Lipinski definition) is 4. The van der Waals surface area contributed by atoms with Gasteiger partial charge in [-0.3, -0.25) is 13.9 Å². The lowest BCUT2D eigenvalue weighted by Gasteiger charge is -2.34. The fourth-order valence-electron chi connectivity index (χ4n) is 5.72. The van der Waals surface area contributed by atoms with Gasteiger partial charge < -0.3 is 10.2 Å². The van der Waals surface area contributed by atoms with Gasteiger partial charge in [0.05, 0.1) is 11.9 Å². The third-order valence-corrected chi connectivity index (χ3v) is 9.01. The summed E-state index contributed by atoms with van der Waals surface area (Å²) in [6, 6.07) is 31.3. The molecule has 1 aliphatic carbocycles. The number of hydrogen-bond donors (Lipinski definition) is 1. The van der Waals surface area contributed by atoms with E-state index < -0.39 is 28.5 Å². The quantitative estimate of drug-likeness (QED) is 0.260. The minimum Gasteiger partial charge on any atom is -0.352 e. The monoisotopic (exact) mass is 583 g/mol. The molecule has 8 heteroatoms. The predicted octanol–water partition coefficient (Wildman–Crippen LogP) is 5.30. The Hall–Kier alpha value is -4.17. The van der Waals surface area contributed by atoms with Crippen molar-refractivity contribution in [2.45, 2.75) is 50.7 Å². The van der Waals surface area contributed by atoms with Crippen LogP contribution in [0.4, 0.5) is 5.69 Å². The summed E-state index contributed by atoms with van der Waals surface area (Å²) in [5.41, 5.74) is 2.20. The minimum atomic E-state index is -3.85. The van der Waals surface area contributed by atoms with Crippen LogP contribution in [0, 0.1) is 0 Å². The second kappa shape index (κ2) is 13.2. The number of nitrogens with one attached hydrogen (secondary N) is 1. The molecule has 0 aliphatic heterocycles. The van der Waals surface area contributed by atoms with Crippen molar-refractivity contribution in [1.82, 2.24) is 10.2 Å². The fraction of sp³-hybridized carbons (Fsp3) is 0.294. The van der Waals surface area contributed by atoms with Crippen molar-refractivity contribution in [2.75, 3.05) is 17.1 Å². The van der Waals surface area contributed by atoms with Crippen molar-refractivity contribution in [3.05, 3.63) is 114 Å². The maximum absolute atomic E-state index is 14.3. The number of benzene rings is 4. The molecule has 5 rings (SSSR count). The zero-order valence-electron chi connectivity index (χ0n) is 23.9. The first kappa shape index (κ1) is 29.3. The van der Waals surface area contributed by atoms with Crippen molar-refractivity contribution < 1.29 is 18.0 Å². The third kappa shape index (κ3) is 7.18. The van der Waals surface area contributed by atoms with Crippen LogP contribution in [0.1, 0.15) is 36.8 Å². The molecule has 0 heterocycles. The van der Waals surface area contributed by atoms with Crippen molar-refractivity contribution in [1.29, 1.82) is 0 Å². The first-order valence-corrected chi connectivity index (χ1v) is 16.3. The summed E-state index contributed by atoms with van der Waals surface area (Å²) in [5, 5.41) is 4.79. The first-order valence-electron chi connectivity index (χ1n) is 14.4. The normalized spacial score (nSPS) is 14.4. The van der Waals surface area contributed by atoms with Gasteiger partial charge in [0.1, 0.15) is 12.6 Å². The average molecular weight is 584 g/mol. The lowest BCUT2D eigenvalue weighted by molar-refractivity contribution is -0.140. The second-order valence-electron chi connectivity index (χ2n) is 11.0. The lowest BCUT2D eigenvalue weighted by atomic mass is 10.0. The van der Waals surface area contributed by atoms with Gasteiger partial charge in [-0.25, -0.2) is 8.42 Å². The van der Waals surface area contributed by atoms with Crippen LogP contribution in [-0.4, -0.2) is 50.0 Å². The van der Waals surface area contributed by atoms with E-state index in [0.29, 0.717) is 12.1 Å². The Morgan fingerprint density at radius 2 is 1.40 bits per heavy atom. The van der Waals surface area contributed by atoms with E-state index in [2.05, 4.69) is 5.32 Å². The predicted molar refractivity (Wildman–Crippen MR) is 167 cm³/mol. The fourth-order valence-corrected chi connectivity index (χ4v) is 6.58. The molecule has 42 heavy (non-hydrogen) atoms. The number of nitrogens with zero attached hydrogens (tertiary/aromatic N) is 2. The zero-order valence-corrected chi connectivity index (χ0v) is 24.7.